The summed E-state index contributed by atoms with van der Waals surface area (Å²) in [7, 11) is 0. The Bertz CT molecular complexity index is 677. The Kier molecular flexibility index (Phi) is 5.17. The second-order valence-electron chi connectivity index (χ2n) is 6.70. The molecule has 24 heavy (non-hydrogen) atoms. The number of hydrogen-bond acceptors (Lipinski definition) is 5. The van der Waals surface area contributed by atoms with Crippen molar-refractivity contribution < 1.29 is 23.8 Å². The molecule has 0 spiro atoms. The molecule has 0 aliphatic heterocycles. The van der Waals surface area contributed by atoms with Gasteiger partial charge in [0.25, 0.3) is 5.91 Å². The zero-order chi connectivity index (χ0) is 17.9. The Morgan fingerprint density at radius 3 is 2.58 bits per heavy atom. The number of anilines is 1. The third kappa shape index (κ3) is 4.28. The zero-order valence-corrected chi connectivity index (χ0v) is 14.4. The van der Waals surface area contributed by atoms with Gasteiger partial charge in [-0.15, -0.1) is 5.76 Å². The minimum absolute atomic E-state index is 0.0166. The fourth-order valence-corrected chi connectivity index (χ4v) is 2.43. The third-order valence-corrected chi connectivity index (χ3v) is 3.47. The van der Waals surface area contributed by atoms with Gasteiger partial charge < -0.3 is 14.3 Å². The number of hydrogen-bond donors (Lipinski definition) is 0. The maximum atomic E-state index is 13.0. The summed E-state index contributed by atoms with van der Waals surface area (Å²) in [6.45, 7) is 6.86. The van der Waals surface area contributed by atoms with E-state index >= 15 is 0 Å². The molecular weight excluding hydrogens is 310 g/mol. The van der Waals surface area contributed by atoms with Gasteiger partial charge in [-0.1, -0.05) is 6.08 Å². The SMILES string of the molecule is CC1=C(C(=O)N(C(=O)OC(C)(C)C)c2ccco2)CCCC([O-])=C1. The molecule has 0 saturated heterocycles. The predicted molar refractivity (Wildman–Crippen MR) is 87.1 cm³/mol. The van der Waals surface area contributed by atoms with Crippen molar-refractivity contribution >= 4 is 17.9 Å². The van der Waals surface area contributed by atoms with Crippen LogP contribution in [-0.4, -0.2) is 17.6 Å². The molecule has 1 aromatic heterocycles. The van der Waals surface area contributed by atoms with Gasteiger partial charge in [0.2, 0.25) is 5.88 Å². The highest BCUT2D eigenvalue weighted by Crippen LogP contribution is 2.27. The lowest BCUT2D eigenvalue weighted by Gasteiger charge is -2.25. The molecule has 6 nitrogen and oxygen atoms in total. The van der Waals surface area contributed by atoms with E-state index in [1.165, 1.54) is 18.4 Å². The number of ether oxygens (including phenoxy) is 1. The smallest absolute Gasteiger partial charge is 0.424 e. The van der Waals surface area contributed by atoms with Crippen LogP contribution in [0.5, 0.6) is 0 Å². The minimum Gasteiger partial charge on any atom is -0.875 e. The molecule has 6 heteroatoms. The molecule has 0 bridgehead atoms. The number of rotatable bonds is 2. The molecule has 2 rings (SSSR count). The molecule has 0 unspecified atom stereocenters. The van der Waals surface area contributed by atoms with Crippen molar-refractivity contribution in [2.45, 2.75) is 52.6 Å². The van der Waals surface area contributed by atoms with E-state index in [0.717, 1.165) is 4.90 Å². The first-order valence-corrected chi connectivity index (χ1v) is 7.87. The maximum absolute atomic E-state index is 13.0. The van der Waals surface area contributed by atoms with E-state index in [2.05, 4.69) is 0 Å². The van der Waals surface area contributed by atoms with Gasteiger partial charge in [0.15, 0.2) is 0 Å². The first-order chi connectivity index (χ1) is 11.2. The van der Waals surface area contributed by atoms with Gasteiger partial charge in [0.1, 0.15) is 5.60 Å². The van der Waals surface area contributed by atoms with E-state index in [1.807, 2.05) is 0 Å². The number of imide groups is 1. The van der Waals surface area contributed by atoms with Crippen LogP contribution in [0.15, 0.2) is 45.8 Å². The van der Waals surface area contributed by atoms with E-state index in [0.29, 0.717) is 30.4 Å². The summed E-state index contributed by atoms with van der Waals surface area (Å²) in [5.41, 5.74) is 0.239. The largest absolute Gasteiger partial charge is 0.875 e. The standard InChI is InChI=1S/C18H23NO5/c1-12-11-13(20)7-5-8-14(12)16(21)19(15-9-6-10-23-15)17(22)24-18(2,3)4/h6,9-11,20H,5,7-8H2,1-4H3/p-1. The lowest BCUT2D eigenvalue weighted by molar-refractivity contribution is -0.306. The number of nitrogens with zero attached hydrogens (tertiary/aromatic N) is 1. The molecular formula is C18H22NO5-. The van der Waals surface area contributed by atoms with E-state index in [1.54, 1.807) is 33.8 Å². The predicted octanol–water partition coefficient (Wildman–Crippen LogP) is 3.29. The van der Waals surface area contributed by atoms with Crippen LogP contribution in [0.3, 0.4) is 0 Å². The van der Waals surface area contributed by atoms with Crippen molar-refractivity contribution in [3.05, 3.63) is 41.4 Å². The lowest BCUT2D eigenvalue weighted by Crippen LogP contribution is -2.41. The highest BCUT2D eigenvalue weighted by molar-refractivity contribution is 6.18. The fraction of sp³-hybridized carbons (Fsp3) is 0.444. The Morgan fingerprint density at radius 1 is 1.29 bits per heavy atom. The van der Waals surface area contributed by atoms with Crippen LogP contribution in [-0.2, 0) is 9.53 Å². The van der Waals surface area contributed by atoms with Gasteiger partial charge >= 0.3 is 6.09 Å². The second-order valence-corrected chi connectivity index (χ2v) is 6.70. The van der Waals surface area contributed by atoms with Crippen molar-refractivity contribution in [1.82, 2.24) is 0 Å². The van der Waals surface area contributed by atoms with Crippen molar-refractivity contribution in [2.24, 2.45) is 0 Å². The van der Waals surface area contributed by atoms with Crippen LogP contribution in [0.25, 0.3) is 0 Å². The van der Waals surface area contributed by atoms with Gasteiger partial charge in [0, 0.05) is 11.6 Å². The summed E-state index contributed by atoms with van der Waals surface area (Å²) in [6.07, 6.45) is 3.40. The number of carbonyl (C=O) groups is 2. The Morgan fingerprint density at radius 2 is 2.00 bits per heavy atom. The molecule has 0 atom stereocenters. The summed E-state index contributed by atoms with van der Waals surface area (Å²) in [5, 5.41) is 11.7. The van der Waals surface area contributed by atoms with Gasteiger partial charge in [-0.3, -0.25) is 4.79 Å². The molecule has 0 saturated carbocycles. The highest BCUT2D eigenvalue weighted by atomic mass is 16.6. The zero-order valence-electron chi connectivity index (χ0n) is 14.4. The molecule has 0 N–H and O–H groups in total. The third-order valence-electron chi connectivity index (χ3n) is 3.47. The van der Waals surface area contributed by atoms with Crippen LogP contribution < -0.4 is 10.0 Å². The lowest BCUT2D eigenvalue weighted by atomic mass is 10.0. The van der Waals surface area contributed by atoms with E-state index in [4.69, 9.17) is 9.15 Å². The first kappa shape index (κ1) is 17.8. The van der Waals surface area contributed by atoms with E-state index < -0.39 is 17.6 Å². The highest BCUT2D eigenvalue weighted by Gasteiger charge is 2.33. The van der Waals surface area contributed by atoms with Crippen molar-refractivity contribution in [2.75, 3.05) is 4.90 Å². The van der Waals surface area contributed by atoms with E-state index in [-0.39, 0.29) is 11.6 Å². The number of amides is 2. The topological polar surface area (TPSA) is 82.8 Å². The Labute approximate surface area is 141 Å². The molecule has 1 aliphatic carbocycles. The molecule has 130 valence electrons. The molecule has 2 amide bonds. The second kappa shape index (κ2) is 6.95. The molecule has 0 aromatic carbocycles. The van der Waals surface area contributed by atoms with Crippen molar-refractivity contribution in [1.29, 1.82) is 0 Å². The van der Waals surface area contributed by atoms with Gasteiger partial charge in [-0.25, -0.2) is 4.79 Å². The summed E-state index contributed by atoms with van der Waals surface area (Å²) >= 11 is 0. The van der Waals surface area contributed by atoms with Crippen LogP contribution >= 0.6 is 0 Å². The first-order valence-electron chi connectivity index (χ1n) is 7.87. The molecule has 1 aromatic rings. The normalized spacial score (nSPS) is 15.6. The van der Waals surface area contributed by atoms with Gasteiger partial charge in [-0.05, 0) is 58.6 Å². The molecule has 1 heterocycles. The monoisotopic (exact) mass is 332 g/mol. The van der Waals surface area contributed by atoms with Crippen molar-refractivity contribution in [3.8, 4) is 0 Å². The number of furan rings is 1. The van der Waals surface area contributed by atoms with Gasteiger partial charge in [-0.2, -0.15) is 4.90 Å². The summed E-state index contributed by atoms with van der Waals surface area (Å²) < 4.78 is 10.6. The van der Waals surface area contributed by atoms with Crippen LogP contribution in [0.1, 0.15) is 47.0 Å². The summed E-state index contributed by atoms with van der Waals surface area (Å²) in [4.78, 5) is 26.4. The molecule has 0 radical (unpaired) electrons. The molecule has 0 fully saturated rings. The quantitative estimate of drug-likeness (QED) is 0.830. The van der Waals surface area contributed by atoms with Crippen LogP contribution in [0.2, 0.25) is 0 Å². The average Bonchev–Trinajstić information content (AvgIpc) is 2.89. The fourth-order valence-electron chi connectivity index (χ4n) is 2.43. The molecule has 1 aliphatic rings. The minimum atomic E-state index is -0.807. The van der Waals surface area contributed by atoms with Crippen LogP contribution in [0, 0.1) is 0 Å². The van der Waals surface area contributed by atoms with Crippen LogP contribution in [0.4, 0.5) is 10.7 Å². The Balaban J connectivity index is 2.39. The Hall–Kier alpha value is -2.50. The van der Waals surface area contributed by atoms with Crippen molar-refractivity contribution in [3.63, 3.8) is 0 Å². The summed E-state index contributed by atoms with van der Waals surface area (Å²) in [5.74, 6) is -0.454. The average molecular weight is 332 g/mol. The van der Waals surface area contributed by atoms with Gasteiger partial charge in [0.05, 0.1) is 6.26 Å². The number of carbonyl (C=O) groups excluding carboxylic acids is 2. The summed E-state index contributed by atoms with van der Waals surface area (Å²) in [6, 6.07) is 3.10. The van der Waals surface area contributed by atoms with E-state index in [9.17, 15) is 14.7 Å². The maximum Gasteiger partial charge on any atom is 0.424 e. The number of allylic oxidation sites excluding steroid dienone is 3.